The van der Waals surface area contributed by atoms with Crippen molar-refractivity contribution in [2.75, 3.05) is 6.61 Å². The van der Waals surface area contributed by atoms with Gasteiger partial charge in [0.2, 0.25) is 0 Å². The monoisotopic (exact) mass is 298 g/mol. The molecule has 5 nitrogen and oxygen atoms in total. The summed E-state index contributed by atoms with van der Waals surface area (Å²) in [6, 6.07) is 15.8. The minimum Gasteiger partial charge on any atom is -0.508 e. The first-order valence-electron chi connectivity index (χ1n) is 7.01. The number of nitrogens with one attached hydrogen (secondary N) is 1. The smallest absolute Gasteiger partial charge is 0.277 e. The second-order valence-corrected chi connectivity index (χ2v) is 4.60. The van der Waals surface area contributed by atoms with Gasteiger partial charge in [-0.1, -0.05) is 25.1 Å². The molecule has 0 radical (unpaired) electrons. The van der Waals surface area contributed by atoms with Gasteiger partial charge in [-0.25, -0.2) is 5.43 Å². The zero-order chi connectivity index (χ0) is 15.8. The lowest BCUT2D eigenvalue weighted by Gasteiger charge is -2.07. The van der Waals surface area contributed by atoms with E-state index in [2.05, 4.69) is 10.5 Å². The van der Waals surface area contributed by atoms with Crippen LogP contribution in [0.25, 0.3) is 0 Å². The lowest BCUT2D eigenvalue weighted by Crippen LogP contribution is -2.26. The number of phenols is 1. The Balaban J connectivity index is 1.91. The number of para-hydroxylation sites is 1. The molecule has 0 bridgehead atoms. The van der Waals surface area contributed by atoms with E-state index in [1.165, 1.54) is 0 Å². The predicted octanol–water partition coefficient (Wildman–Crippen LogP) is 2.70. The van der Waals surface area contributed by atoms with Crippen molar-refractivity contribution >= 4 is 11.6 Å². The third-order valence-electron chi connectivity index (χ3n) is 2.96. The highest BCUT2D eigenvalue weighted by atomic mass is 16.5. The molecule has 0 heterocycles. The number of carbonyl (C=O) groups excluding carboxylic acids is 1. The maximum absolute atomic E-state index is 11.7. The van der Waals surface area contributed by atoms with Crippen molar-refractivity contribution in [3.05, 3.63) is 60.2 Å². The van der Waals surface area contributed by atoms with Gasteiger partial charge in [-0.15, -0.1) is 0 Å². The van der Waals surface area contributed by atoms with E-state index in [0.29, 0.717) is 12.2 Å². The summed E-state index contributed by atoms with van der Waals surface area (Å²) in [4.78, 5) is 11.7. The Labute approximate surface area is 129 Å². The van der Waals surface area contributed by atoms with Gasteiger partial charge in [0.25, 0.3) is 5.91 Å². The lowest BCUT2D eigenvalue weighted by atomic mass is 10.1. The molecule has 0 aliphatic heterocycles. The molecule has 2 rings (SSSR count). The van der Waals surface area contributed by atoms with Crippen molar-refractivity contribution in [3.63, 3.8) is 0 Å². The summed E-state index contributed by atoms with van der Waals surface area (Å²) in [7, 11) is 0. The normalized spacial score (nSPS) is 11.0. The van der Waals surface area contributed by atoms with E-state index in [0.717, 1.165) is 11.3 Å². The average molecular weight is 298 g/mol. The first kappa shape index (κ1) is 15.6. The van der Waals surface area contributed by atoms with E-state index in [9.17, 15) is 9.90 Å². The highest BCUT2D eigenvalue weighted by molar-refractivity contribution is 6.01. The third kappa shape index (κ3) is 4.63. The van der Waals surface area contributed by atoms with E-state index in [1.807, 2.05) is 25.1 Å². The zero-order valence-corrected chi connectivity index (χ0v) is 12.3. The number of hydrogen-bond acceptors (Lipinski definition) is 4. The summed E-state index contributed by atoms with van der Waals surface area (Å²) in [6.45, 7) is 1.85. The van der Waals surface area contributed by atoms with Crippen LogP contribution in [0.1, 0.15) is 18.9 Å². The summed E-state index contributed by atoms with van der Waals surface area (Å²) in [5.41, 5.74) is 4.06. The van der Waals surface area contributed by atoms with Crippen LogP contribution in [0, 0.1) is 0 Å². The Kier molecular flexibility index (Phi) is 5.54. The summed E-state index contributed by atoms with van der Waals surface area (Å²) in [5, 5.41) is 13.4. The van der Waals surface area contributed by atoms with Crippen LogP contribution >= 0.6 is 0 Å². The maximum Gasteiger partial charge on any atom is 0.277 e. The van der Waals surface area contributed by atoms with Crippen LogP contribution in [0.15, 0.2) is 59.7 Å². The van der Waals surface area contributed by atoms with Crippen LogP contribution in [0.4, 0.5) is 0 Å². The predicted molar refractivity (Wildman–Crippen MR) is 85.0 cm³/mol. The molecule has 0 fully saturated rings. The Morgan fingerprint density at radius 3 is 2.45 bits per heavy atom. The Morgan fingerprint density at radius 1 is 1.14 bits per heavy atom. The summed E-state index contributed by atoms with van der Waals surface area (Å²) >= 11 is 0. The lowest BCUT2D eigenvalue weighted by molar-refractivity contribution is -0.123. The topological polar surface area (TPSA) is 70.9 Å². The maximum atomic E-state index is 11.7. The third-order valence-corrected chi connectivity index (χ3v) is 2.96. The SMILES string of the molecule is CC/C(=N\NC(=O)COc1ccccc1)c1ccc(O)cc1. The summed E-state index contributed by atoms with van der Waals surface area (Å²) in [5.74, 6) is 0.504. The average Bonchev–Trinajstić information content (AvgIpc) is 2.56. The van der Waals surface area contributed by atoms with Crippen LogP contribution in [-0.2, 0) is 4.79 Å². The van der Waals surface area contributed by atoms with E-state index in [-0.39, 0.29) is 18.3 Å². The molecule has 0 aromatic heterocycles. The van der Waals surface area contributed by atoms with Gasteiger partial charge in [-0.3, -0.25) is 4.79 Å². The second-order valence-electron chi connectivity index (χ2n) is 4.60. The number of carbonyl (C=O) groups is 1. The number of phenolic OH excluding ortho intramolecular Hbond substituents is 1. The molecule has 0 spiro atoms. The molecule has 114 valence electrons. The molecule has 22 heavy (non-hydrogen) atoms. The van der Waals surface area contributed by atoms with E-state index >= 15 is 0 Å². The first-order valence-corrected chi connectivity index (χ1v) is 7.01. The molecule has 0 saturated carbocycles. The fourth-order valence-electron chi connectivity index (χ4n) is 1.83. The molecule has 2 N–H and O–H groups in total. The molecule has 0 atom stereocenters. The number of hydrogen-bond donors (Lipinski definition) is 2. The molecule has 2 aromatic rings. The van der Waals surface area contributed by atoms with Crippen LogP contribution in [0.3, 0.4) is 0 Å². The van der Waals surface area contributed by atoms with Gasteiger partial charge in [0, 0.05) is 0 Å². The van der Waals surface area contributed by atoms with E-state index < -0.39 is 0 Å². The summed E-state index contributed by atoms with van der Waals surface area (Å²) < 4.78 is 5.34. The Morgan fingerprint density at radius 2 is 1.82 bits per heavy atom. The molecule has 0 unspecified atom stereocenters. The largest absolute Gasteiger partial charge is 0.508 e. The molecular formula is C17H18N2O3. The van der Waals surface area contributed by atoms with Crippen molar-refractivity contribution in [3.8, 4) is 11.5 Å². The van der Waals surface area contributed by atoms with Gasteiger partial charge in [-0.05, 0) is 48.4 Å². The van der Waals surface area contributed by atoms with Crippen molar-refractivity contribution < 1.29 is 14.6 Å². The number of aromatic hydroxyl groups is 1. The van der Waals surface area contributed by atoms with Gasteiger partial charge in [0.05, 0.1) is 5.71 Å². The van der Waals surface area contributed by atoms with Gasteiger partial charge in [-0.2, -0.15) is 5.10 Å². The fourth-order valence-corrected chi connectivity index (χ4v) is 1.83. The Hall–Kier alpha value is -2.82. The number of ether oxygens (including phenoxy) is 1. The van der Waals surface area contributed by atoms with Crippen molar-refractivity contribution in [2.24, 2.45) is 5.10 Å². The number of benzene rings is 2. The van der Waals surface area contributed by atoms with Crippen molar-refractivity contribution in [2.45, 2.75) is 13.3 Å². The van der Waals surface area contributed by atoms with Crippen LogP contribution in [0.5, 0.6) is 11.5 Å². The van der Waals surface area contributed by atoms with E-state index in [1.54, 1.807) is 36.4 Å². The number of hydrazone groups is 1. The molecule has 0 saturated heterocycles. The van der Waals surface area contributed by atoms with Crippen LogP contribution in [0.2, 0.25) is 0 Å². The molecule has 1 amide bonds. The molecule has 5 heteroatoms. The van der Waals surface area contributed by atoms with Crippen LogP contribution in [-0.4, -0.2) is 23.3 Å². The quantitative estimate of drug-likeness (QED) is 0.636. The van der Waals surface area contributed by atoms with Gasteiger partial charge in [0.1, 0.15) is 11.5 Å². The minimum absolute atomic E-state index is 0.0971. The molecule has 0 aliphatic rings. The molecule has 0 aliphatic carbocycles. The van der Waals surface area contributed by atoms with Crippen LogP contribution < -0.4 is 10.2 Å². The standard InChI is InChI=1S/C17H18N2O3/c1-2-16(13-8-10-14(20)11-9-13)18-19-17(21)12-22-15-6-4-3-5-7-15/h3-11,20H,2,12H2,1H3,(H,19,21)/b18-16+. The molecular weight excluding hydrogens is 280 g/mol. The number of nitrogens with zero attached hydrogens (tertiary/aromatic N) is 1. The number of amides is 1. The van der Waals surface area contributed by atoms with Crippen molar-refractivity contribution in [1.29, 1.82) is 0 Å². The number of rotatable bonds is 6. The first-order chi connectivity index (χ1) is 10.7. The van der Waals surface area contributed by atoms with Gasteiger partial charge < -0.3 is 9.84 Å². The van der Waals surface area contributed by atoms with Crippen molar-refractivity contribution in [1.82, 2.24) is 5.43 Å². The highest BCUT2D eigenvalue weighted by Gasteiger charge is 2.04. The van der Waals surface area contributed by atoms with Gasteiger partial charge in [0.15, 0.2) is 6.61 Å². The second kappa shape index (κ2) is 7.83. The summed E-state index contributed by atoms with van der Waals surface area (Å²) in [6.07, 6.45) is 0.657. The Bertz CT molecular complexity index is 637. The van der Waals surface area contributed by atoms with E-state index in [4.69, 9.17) is 4.74 Å². The van der Waals surface area contributed by atoms with Gasteiger partial charge >= 0.3 is 0 Å². The fraction of sp³-hybridized carbons (Fsp3) is 0.176. The zero-order valence-electron chi connectivity index (χ0n) is 12.3. The minimum atomic E-state index is -0.325. The molecule has 2 aromatic carbocycles. The highest BCUT2D eigenvalue weighted by Crippen LogP contribution is 2.11.